The molecule has 2 rings (SSSR count). The number of alkyl halides is 3. The Hall–Kier alpha value is -1.83. The number of likely N-dealkylation sites (tertiary alicyclic amines) is 1. The average Bonchev–Trinajstić information content (AvgIpc) is 2.52. The molecule has 0 spiro atoms. The van der Waals surface area contributed by atoms with Crippen LogP contribution in [-0.4, -0.2) is 42.7 Å². The van der Waals surface area contributed by atoms with E-state index in [2.05, 4.69) is 0 Å². The van der Waals surface area contributed by atoms with E-state index in [1.165, 1.54) is 14.2 Å². The molecule has 0 saturated carbocycles. The molecule has 4 nitrogen and oxygen atoms in total. The molecule has 138 valence electrons. The predicted octanol–water partition coefficient (Wildman–Crippen LogP) is 3.59. The molecule has 0 N–H and O–H groups in total. The predicted molar refractivity (Wildman–Crippen MR) is 90.8 cm³/mol. The van der Waals surface area contributed by atoms with Crippen LogP contribution in [0.3, 0.4) is 0 Å². The van der Waals surface area contributed by atoms with Gasteiger partial charge < -0.3 is 14.4 Å². The van der Waals surface area contributed by atoms with Crippen LogP contribution in [0, 0.1) is 0 Å². The highest BCUT2D eigenvalue weighted by Gasteiger charge is 2.39. The molecule has 1 fully saturated rings. The van der Waals surface area contributed by atoms with Gasteiger partial charge in [-0.2, -0.15) is 13.2 Å². The van der Waals surface area contributed by atoms with Crippen molar-refractivity contribution >= 4 is 23.2 Å². The van der Waals surface area contributed by atoms with Crippen molar-refractivity contribution in [1.29, 1.82) is 0 Å². The first-order chi connectivity index (χ1) is 11.7. The number of nitrogens with zero attached hydrogens (tertiary/aromatic N) is 1. The lowest BCUT2D eigenvalue weighted by atomic mass is 9.97. The van der Waals surface area contributed by atoms with Crippen LogP contribution in [0.15, 0.2) is 12.1 Å². The lowest BCUT2D eigenvalue weighted by Gasteiger charge is -2.41. The first-order valence-electron chi connectivity index (χ1n) is 7.91. The van der Waals surface area contributed by atoms with Crippen LogP contribution >= 0.6 is 12.2 Å². The summed E-state index contributed by atoms with van der Waals surface area (Å²) in [5, 5.41) is 0. The molecule has 1 aliphatic heterocycles. The van der Waals surface area contributed by atoms with Gasteiger partial charge in [0.2, 0.25) is 0 Å². The molecule has 1 aromatic rings. The lowest BCUT2D eigenvalue weighted by molar-refractivity contribution is -0.148. The van der Waals surface area contributed by atoms with Gasteiger partial charge in [0, 0.05) is 12.1 Å². The van der Waals surface area contributed by atoms with Crippen molar-refractivity contribution < 1.29 is 27.4 Å². The number of carbonyl (C=O) groups excluding carboxylic acids is 1. The zero-order valence-corrected chi connectivity index (χ0v) is 15.1. The molecule has 0 unspecified atom stereocenters. The first-order valence-corrected chi connectivity index (χ1v) is 8.32. The van der Waals surface area contributed by atoms with Gasteiger partial charge in [-0.1, -0.05) is 25.6 Å². The minimum Gasteiger partial charge on any atom is -0.496 e. The fourth-order valence-electron chi connectivity index (χ4n) is 2.90. The third kappa shape index (κ3) is 3.89. The number of esters is 1. The van der Waals surface area contributed by atoms with Gasteiger partial charge in [0.1, 0.15) is 16.8 Å². The van der Waals surface area contributed by atoms with Gasteiger partial charge in [-0.15, -0.1) is 0 Å². The number of halogens is 3. The first kappa shape index (κ1) is 19.5. The minimum absolute atomic E-state index is 0.172. The van der Waals surface area contributed by atoms with E-state index < -0.39 is 23.8 Å². The molecule has 0 bridgehead atoms. The lowest BCUT2D eigenvalue weighted by Crippen LogP contribution is -2.55. The SMILES string of the molecule is CCCc1cc(C(=S)N2CC[C@@H]2C(=O)OC)cc(C(F)(F)F)c1OC. The van der Waals surface area contributed by atoms with Crippen LogP contribution in [-0.2, 0) is 22.1 Å². The van der Waals surface area contributed by atoms with Gasteiger partial charge in [-0.3, -0.25) is 0 Å². The van der Waals surface area contributed by atoms with E-state index in [1.54, 1.807) is 11.0 Å². The van der Waals surface area contributed by atoms with Gasteiger partial charge in [0.25, 0.3) is 0 Å². The van der Waals surface area contributed by atoms with Gasteiger partial charge in [-0.05, 0) is 30.5 Å². The van der Waals surface area contributed by atoms with Crippen molar-refractivity contribution in [1.82, 2.24) is 4.90 Å². The van der Waals surface area contributed by atoms with Gasteiger partial charge in [-0.25, -0.2) is 4.79 Å². The largest absolute Gasteiger partial charge is 0.496 e. The van der Waals surface area contributed by atoms with Crippen LogP contribution in [0.4, 0.5) is 13.2 Å². The Morgan fingerprint density at radius 2 is 2.04 bits per heavy atom. The molecule has 25 heavy (non-hydrogen) atoms. The van der Waals surface area contributed by atoms with Gasteiger partial charge >= 0.3 is 12.1 Å². The van der Waals surface area contributed by atoms with E-state index in [9.17, 15) is 18.0 Å². The third-order valence-corrected chi connectivity index (χ3v) is 4.67. The van der Waals surface area contributed by atoms with Crippen molar-refractivity contribution in [3.8, 4) is 5.75 Å². The topological polar surface area (TPSA) is 38.8 Å². The fourth-order valence-corrected chi connectivity index (χ4v) is 3.23. The van der Waals surface area contributed by atoms with Crippen LogP contribution in [0.5, 0.6) is 5.75 Å². The summed E-state index contributed by atoms with van der Waals surface area (Å²) < 4.78 is 50.1. The summed E-state index contributed by atoms with van der Waals surface area (Å²) in [6, 6.07) is 2.07. The highest BCUT2D eigenvalue weighted by molar-refractivity contribution is 7.80. The summed E-state index contributed by atoms with van der Waals surface area (Å²) in [6.45, 7) is 2.38. The molecule has 0 aliphatic carbocycles. The molecule has 1 aromatic carbocycles. The summed E-state index contributed by atoms with van der Waals surface area (Å²) in [7, 11) is 2.50. The van der Waals surface area contributed by atoms with E-state index in [0.29, 0.717) is 31.4 Å². The zero-order valence-electron chi connectivity index (χ0n) is 14.3. The Morgan fingerprint density at radius 3 is 2.48 bits per heavy atom. The molecular weight excluding hydrogens is 355 g/mol. The van der Waals surface area contributed by atoms with Crippen LogP contribution in [0.2, 0.25) is 0 Å². The standard InChI is InChI=1S/C17H20F3NO3S/c1-4-5-10-8-11(9-12(14(10)23-2)17(18,19)20)15(25)21-7-6-13(21)16(22)24-3/h8-9,13H,4-7H2,1-3H3/t13-/m1/s1. The number of hydrogen-bond donors (Lipinski definition) is 0. The third-order valence-electron chi connectivity index (χ3n) is 4.20. The van der Waals surface area contributed by atoms with E-state index >= 15 is 0 Å². The van der Waals surface area contributed by atoms with E-state index in [4.69, 9.17) is 21.7 Å². The summed E-state index contributed by atoms with van der Waals surface area (Å²) in [5.74, 6) is -0.610. The number of rotatable bonds is 5. The number of methoxy groups -OCH3 is 2. The van der Waals surface area contributed by atoms with Crippen molar-refractivity contribution in [2.75, 3.05) is 20.8 Å². The van der Waals surface area contributed by atoms with Crippen LogP contribution in [0.1, 0.15) is 36.5 Å². The van der Waals surface area contributed by atoms with Gasteiger partial charge in [0.15, 0.2) is 0 Å². The highest BCUT2D eigenvalue weighted by atomic mass is 32.1. The molecule has 0 amide bonds. The molecule has 0 radical (unpaired) electrons. The average molecular weight is 375 g/mol. The Bertz CT molecular complexity index is 676. The minimum atomic E-state index is -4.56. The number of carbonyl (C=O) groups is 1. The molecule has 1 aliphatic rings. The van der Waals surface area contributed by atoms with Gasteiger partial charge in [0.05, 0.1) is 19.8 Å². The number of aryl methyl sites for hydroxylation is 1. The number of hydrogen-bond acceptors (Lipinski definition) is 4. The van der Waals surface area contributed by atoms with E-state index in [0.717, 1.165) is 6.07 Å². The van der Waals surface area contributed by atoms with Crippen molar-refractivity contribution in [2.24, 2.45) is 0 Å². The van der Waals surface area contributed by atoms with Crippen molar-refractivity contribution in [3.05, 3.63) is 28.8 Å². The Labute approximate surface area is 149 Å². The molecular formula is C17H20F3NO3S. The maximum absolute atomic E-state index is 13.4. The maximum Gasteiger partial charge on any atom is 0.419 e. The van der Waals surface area contributed by atoms with E-state index in [1.807, 2.05) is 6.92 Å². The maximum atomic E-state index is 13.4. The highest BCUT2D eigenvalue weighted by Crippen LogP contribution is 2.40. The number of ether oxygens (including phenoxy) is 2. The fraction of sp³-hybridized carbons (Fsp3) is 0.529. The number of benzene rings is 1. The molecule has 1 atom stereocenters. The second-order valence-electron chi connectivity index (χ2n) is 5.79. The Kier molecular flexibility index (Phi) is 5.92. The van der Waals surface area contributed by atoms with Crippen LogP contribution in [0.25, 0.3) is 0 Å². The Morgan fingerprint density at radius 1 is 1.36 bits per heavy atom. The smallest absolute Gasteiger partial charge is 0.419 e. The van der Waals surface area contributed by atoms with Crippen LogP contribution < -0.4 is 4.74 Å². The summed E-state index contributed by atoms with van der Waals surface area (Å²) in [4.78, 5) is 13.5. The van der Waals surface area contributed by atoms with Crippen molar-refractivity contribution in [3.63, 3.8) is 0 Å². The molecule has 1 saturated heterocycles. The Balaban J connectivity index is 2.45. The zero-order chi connectivity index (χ0) is 18.8. The second-order valence-corrected chi connectivity index (χ2v) is 6.18. The second kappa shape index (κ2) is 7.59. The summed E-state index contributed by atoms with van der Waals surface area (Å²) in [6.07, 6.45) is -2.89. The summed E-state index contributed by atoms with van der Waals surface area (Å²) >= 11 is 5.35. The molecule has 0 aromatic heterocycles. The van der Waals surface area contributed by atoms with E-state index in [-0.39, 0.29) is 16.3 Å². The molecule has 8 heteroatoms. The monoisotopic (exact) mass is 375 g/mol. The summed E-state index contributed by atoms with van der Waals surface area (Å²) in [5.41, 5.74) is -0.138. The normalized spacial score (nSPS) is 17.0. The quantitative estimate of drug-likeness (QED) is 0.581. The molecule has 1 heterocycles. The van der Waals surface area contributed by atoms with Crippen molar-refractivity contribution in [2.45, 2.75) is 38.4 Å². The number of thiocarbonyl (C=S) groups is 1.